The Bertz CT molecular complexity index is 831. The van der Waals surface area contributed by atoms with Gasteiger partial charge in [0.2, 0.25) is 15.9 Å². The van der Waals surface area contributed by atoms with E-state index in [1.54, 1.807) is 31.5 Å². The van der Waals surface area contributed by atoms with E-state index in [1.165, 1.54) is 0 Å². The molecule has 1 aromatic heterocycles. The van der Waals surface area contributed by atoms with Gasteiger partial charge in [0.15, 0.2) is 0 Å². The summed E-state index contributed by atoms with van der Waals surface area (Å²) >= 11 is 0. The second-order valence-electron chi connectivity index (χ2n) is 5.88. The molecule has 3 rings (SSSR count). The fraction of sp³-hybridized carbons (Fsp3) is 0.375. The molecule has 2 aromatic rings. The van der Waals surface area contributed by atoms with Crippen molar-refractivity contribution >= 4 is 15.9 Å². The molecule has 1 amide bonds. The Hall–Kier alpha value is -2.19. The summed E-state index contributed by atoms with van der Waals surface area (Å²) in [6.45, 7) is 2.34. The summed E-state index contributed by atoms with van der Waals surface area (Å²) in [6, 6.07) is 4.36. The minimum Gasteiger partial charge on any atom is -0.355 e. The van der Waals surface area contributed by atoms with Crippen LogP contribution in [0.4, 0.5) is 0 Å². The number of amides is 1. The van der Waals surface area contributed by atoms with Crippen molar-refractivity contribution < 1.29 is 13.2 Å². The molecule has 128 valence electrons. The normalized spacial score (nSPS) is 18.9. The predicted molar refractivity (Wildman–Crippen MR) is 89.7 cm³/mol. The van der Waals surface area contributed by atoms with Gasteiger partial charge < -0.3 is 5.32 Å². The van der Waals surface area contributed by atoms with Gasteiger partial charge in [0.1, 0.15) is 6.04 Å². The molecule has 0 radical (unpaired) electrons. The molecule has 8 heteroatoms. The van der Waals surface area contributed by atoms with Gasteiger partial charge >= 0.3 is 0 Å². The number of carbonyl (C=O) groups excluding carboxylic acids is 1. The predicted octanol–water partition coefficient (Wildman–Crippen LogP) is 1.33. The van der Waals surface area contributed by atoms with Crippen molar-refractivity contribution in [1.82, 2.24) is 20.2 Å². The van der Waals surface area contributed by atoms with Gasteiger partial charge in [-0.1, -0.05) is 12.1 Å². The van der Waals surface area contributed by atoms with Crippen LogP contribution in [0.3, 0.4) is 0 Å². The van der Waals surface area contributed by atoms with Crippen LogP contribution in [0.25, 0.3) is 11.1 Å². The van der Waals surface area contributed by atoms with E-state index in [1.807, 2.05) is 6.07 Å². The Balaban J connectivity index is 1.92. The summed E-state index contributed by atoms with van der Waals surface area (Å²) in [7, 11) is -3.79. The molecule has 1 aliphatic heterocycles. The van der Waals surface area contributed by atoms with Gasteiger partial charge in [0, 0.05) is 18.3 Å². The summed E-state index contributed by atoms with van der Waals surface area (Å²) in [5.74, 6) is -0.264. The van der Waals surface area contributed by atoms with Crippen molar-refractivity contribution in [2.24, 2.45) is 0 Å². The van der Waals surface area contributed by atoms with Crippen molar-refractivity contribution in [2.75, 3.05) is 6.54 Å². The maximum Gasteiger partial charge on any atom is 0.241 e. The fourth-order valence-corrected chi connectivity index (χ4v) is 4.42. The molecular formula is C16H20N4O3S. The van der Waals surface area contributed by atoms with Crippen LogP contribution in [0.5, 0.6) is 0 Å². The highest BCUT2D eigenvalue weighted by atomic mass is 32.2. The van der Waals surface area contributed by atoms with Crippen LogP contribution in [0.2, 0.25) is 0 Å². The molecule has 0 saturated carbocycles. The first kappa shape index (κ1) is 16.7. The summed E-state index contributed by atoms with van der Waals surface area (Å²) < 4.78 is 28.1. The number of aromatic amines is 1. The van der Waals surface area contributed by atoms with Gasteiger partial charge in [-0.3, -0.25) is 9.89 Å². The van der Waals surface area contributed by atoms with E-state index in [-0.39, 0.29) is 10.8 Å². The lowest BCUT2D eigenvalue weighted by molar-refractivity contribution is -0.122. The van der Waals surface area contributed by atoms with Crippen LogP contribution in [-0.4, -0.2) is 37.1 Å². The highest BCUT2D eigenvalue weighted by molar-refractivity contribution is 7.89. The Morgan fingerprint density at radius 1 is 1.29 bits per heavy atom. The summed E-state index contributed by atoms with van der Waals surface area (Å²) in [5, 5.41) is 9.37. The quantitative estimate of drug-likeness (QED) is 0.775. The number of carbonyl (C=O) groups is 1. The first-order chi connectivity index (χ1) is 11.5. The second-order valence-corrected chi connectivity index (χ2v) is 7.56. The number of hydrogen-bond donors (Lipinski definition) is 3. The lowest BCUT2D eigenvalue weighted by Crippen LogP contribution is -2.45. The Morgan fingerprint density at radius 3 is 2.88 bits per heavy atom. The second kappa shape index (κ2) is 6.74. The van der Waals surface area contributed by atoms with Crippen LogP contribution in [0.1, 0.15) is 24.8 Å². The third kappa shape index (κ3) is 3.34. The number of nitrogens with one attached hydrogen (secondary N) is 3. The molecule has 1 saturated heterocycles. The van der Waals surface area contributed by atoms with Gasteiger partial charge in [0.25, 0.3) is 0 Å². The van der Waals surface area contributed by atoms with E-state index in [0.717, 1.165) is 24.0 Å². The molecule has 1 atom stereocenters. The number of benzene rings is 1. The molecule has 0 unspecified atom stereocenters. The highest BCUT2D eigenvalue weighted by Gasteiger charge is 2.28. The van der Waals surface area contributed by atoms with E-state index < -0.39 is 16.1 Å². The first-order valence-corrected chi connectivity index (χ1v) is 9.36. The SMILES string of the molecule is Cc1c(-c2cn[nH]c2)cccc1S(=O)(=O)N[C@@H]1CCCCNC1=O. The van der Waals surface area contributed by atoms with E-state index in [9.17, 15) is 13.2 Å². The Labute approximate surface area is 140 Å². The number of aromatic nitrogens is 2. The maximum atomic E-state index is 12.8. The third-order valence-electron chi connectivity index (χ3n) is 4.22. The van der Waals surface area contributed by atoms with E-state index in [2.05, 4.69) is 20.2 Å². The molecule has 0 spiro atoms. The molecule has 3 N–H and O–H groups in total. The van der Waals surface area contributed by atoms with Crippen LogP contribution < -0.4 is 10.0 Å². The number of H-pyrrole nitrogens is 1. The number of hydrogen-bond acceptors (Lipinski definition) is 4. The van der Waals surface area contributed by atoms with E-state index in [4.69, 9.17) is 0 Å². The first-order valence-electron chi connectivity index (χ1n) is 7.88. The number of rotatable bonds is 4. The molecule has 1 aliphatic rings. The molecule has 0 bridgehead atoms. The standard InChI is InChI=1S/C16H20N4O3S/c1-11-13(12-9-18-19-10-12)5-4-7-15(11)24(22,23)20-14-6-2-3-8-17-16(14)21/h4-5,7,9-10,14,20H,2-3,6,8H2,1H3,(H,17,21)(H,18,19)/t14-/m1/s1. The van der Waals surface area contributed by atoms with Gasteiger partial charge in [0.05, 0.1) is 11.1 Å². The van der Waals surface area contributed by atoms with Crippen LogP contribution >= 0.6 is 0 Å². The van der Waals surface area contributed by atoms with Gasteiger partial charge in [-0.05, 0) is 43.4 Å². The molecule has 1 fully saturated rings. The minimum atomic E-state index is -3.79. The van der Waals surface area contributed by atoms with Crippen molar-refractivity contribution in [3.05, 3.63) is 36.2 Å². The molecule has 1 aromatic carbocycles. The maximum absolute atomic E-state index is 12.8. The largest absolute Gasteiger partial charge is 0.355 e. The van der Waals surface area contributed by atoms with Gasteiger partial charge in [-0.25, -0.2) is 8.42 Å². The molecular weight excluding hydrogens is 328 g/mol. The van der Waals surface area contributed by atoms with Crippen molar-refractivity contribution in [3.63, 3.8) is 0 Å². The Morgan fingerprint density at radius 2 is 2.12 bits per heavy atom. The van der Waals surface area contributed by atoms with Crippen molar-refractivity contribution in [2.45, 2.75) is 37.1 Å². The lowest BCUT2D eigenvalue weighted by atomic mass is 10.0. The van der Waals surface area contributed by atoms with Crippen molar-refractivity contribution in [3.8, 4) is 11.1 Å². The summed E-state index contributed by atoms with van der Waals surface area (Å²) in [6.07, 6.45) is 5.53. The molecule has 7 nitrogen and oxygen atoms in total. The minimum absolute atomic E-state index is 0.179. The molecule has 24 heavy (non-hydrogen) atoms. The fourth-order valence-electron chi connectivity index (χ4n) is 2.92. The molecule has 2 heterocycles. The Kier molecular flexibility index (Phi) is 4.68. The highest BCUT2D eigenvalue weighted by Crippen LogP contribution is 2.27. The van der Waals surface area contributed by atoms with Gasteiger partial charge in [-0.15, -0.1) is 0 Å². The average molecular weight is 348 g/mol. The van der Waals surface area contributed by atoms with Crippen LogP contribution in [0, 0.1) is 6.92 Å². The van der Waals surface area contributed by atoms with Crippen LogP contribution in [0.15, 0.2) is 35.5 Å². The zero-order valence-corrected chi connectivity index (χ0v) is 14.2. The summed E-state index contributed by atoms with van der Waals surface area (Å²) in [4.78, 5) is 12.2. The summed E-state index contributed by atoms with van der Waals surface area (Å²) in [5.41, 5.74) is 2.23. The monoisotopic (exact) mass is 348 g/mol. The van der Waals surface area contributed by atoms with Crippen molar-refractivity contribution in [1.29, 1.82) is 0 Å². The van der Waals surface area contributed by atoms with E-state index >= 15 is 0 Å². The zero-order chi connectivity index (χ0) is 17.2. The van der Waals surface area contributed by atoms with Crippen LogP contribution in [-0.2, 0) is 14.8 Å². The van der Waals surface area contributed by atoms with E-state index in [0.29, 0.717) is 18.5 Å². The lowest BCUT2D eigenvalue weighted by Gasteiger charge is -2.17. The number of sulfonamides is 1. The number of nitrogens with zero attached hydrogens (tertiary/aromatic N) is 1. The molecule has 0 aliphatic carbocycles. The average Bonchev–Trinajstić information content (AvgIpc) is 3.00. The zero-order valence-electron chi connectivity index (χ0n) is 13.4. The third-order valence-corrected chi connectivity index (χ3v) is 5.83. The smallest absolute Gasteiger partial charge is 0.241 e. The topological polar surface area (TPSA) is 104 Å². The van der Waals surface area contributed by atoms with Gasteiger partial charge in [-0.2, -0.15) is 9.82 Å².